The van der Waals surface area contributed by atoms with E-state index in [1.807, 2.05) is 39.0 Å². The Morgan fingerprint density at radius 2 is 1.75 bits per heavy atom. The van der Waals surface area contributed by atoms with Crippen LogP contribution in [0.5, 0.6) is 0 Å². The van der Waals surface area contributed by atoms with Gasteiger partial charge in [-0.25, -0.2) is 0 Å². The van der Waals surface area contributed by atoms with Gasteiger partial charge in [-0.2, -0.15) is 9.61 Å². The maximum Gasteiger partial charge on any atom is 0.185 e. The van der Waals surface area contributed by atoms with E-state index < -0.39 is 0 Å². The van der Waals surface area contributed by atoms with Crippen LogP contribution in [0.3, 0.4) is 0 Å². The number of nitrogens with zero attached hydrogens (tertiary/aromatic N) is 4. The van der Waals surface area contributed by atoms with E-state index in [-0.39, 0.29) is 0 Å². The van der Waals surface area contributed by atoms with Crippen LogP contribution in [0.1, 0.15) is 16.7 Å². The third-order valence-electron chi connectivity index (χ3n) is 3.47. The lowest BCUT2D eigenvalue weighted by atomic mass is 10.1. The Morgan fingerprint density at radius 3 is 2.45 bits per heavy atom. The smallest absolute Gasteiger partial charge is 0.185 e. The highest BCUT2D eigenvalue weighted by atomic mass is 35.5. The monoisotopic (exact) mass is 306 g/mol. The maximum absolute atomic E-state index is 6.17. The summed E-state index contributed by atoms with van der Waals surface area (Å²) in [5.74, 6) is 0.631. The van der Waals surface area contributed by atoms with E-state index in [0.717, 1.165) is 22.3 Å². The minimum Gasteiger partial charge on any atom is -0.191 e. The lowest BCUT2D eigenvalue weighted by Crippen LogP contribution is -2.00. The summed E-state index contributed by atoms with van der Waals surface area (Å²) in [6, 6.07) is 5.75. The van der Waals surface area contributed by atoms with Gasteiger partial charge < -0.3 is 0 Å². The lowest BCUT2D eigenvalue weighted by Gasteiger charge is -2.06. The Balaban J connectivity index is 2.29. The zero-order valence-corrected chi connectivity index (χ0v) is 12.8. The third-order valence-corrected chi connectivity index (χ3v) is 4.23. The van der Waals surface area contributed by atoms with Gasteiger partial charge in [0.15, 0.2) is 16.6 Å². The van der Waals surface area contributed by atoms with Gasteiger partial charge in [0.2, 0.25) is 0 Å². The number of rotatable bonds is 1. The number of benzene rings is 1. The van der Waals surface area contributed by atoms with Crippen LogP contribution < -0.4 is 0 Å². The minimum atomic E-state index is 0.453. The molecule has 1 aromatic carbocycles. The molecule has 3 rings (SSSR count). The molecule has 3 aromatic rings. The first kappa shape index (κ1) is 13.3. The van der Waals surface area contributed by atoms with Crippen LogP contribution in [0, 0.1) is 20.8 Å². The van der Waals surface area contributed by atoms with Crippen LogP contribution in [-0.2, 0) is 0 Å². The number of halogens is 2. The van der Waals surface area contributed by atoms with E-state index in [9.17, 15) is 0 Å². The van der Waals surface area contributed by atoms with Crippen LogP contribution in [0.2, 0.25) is 10.2 Å². The molecule has 0 unspecified atom stereocenters. The summed E-state index contributed by atoms with van der Waals surface area (Å²) in [7, 11) is 0. The second-order valence-corrected chi connectivity index (χ2v) is 5.53. The summed E-state index contributed by atoms with van der Waals surface area (Å²) in [4.78, 5) is 0. The molecule has 0 saturated carbocycles. The second kappa shape index (κ2) is 4.72. The van der Waals surface area contributed by atoms with Crippen LogP contribution in [0.15, 0.2) is 18.2 Å². The van der Waals surface area contributed by atoms with Crippen LogP contribution in [0.25, 0.3) is 17.0 Å². The molecule has 6 heteroatoms. The zero-order valence-electron chi connectivity index (χ0n) is 11.3. The quantitative estimate of drug-likeness (QED) is 0.682. The van der Waals surface area contributed by atoms with Gasteiger partial charge in [0.05, 0.1) is 0 Å². The molecule has 0 bridgehead atoms. The molecule has 102 valence electrons. The Labute approximate surface area is 126 Å². The molecular formula is C14H12Cl2N4. The Kier molecular flexibility index (Phi) is 3.15. The summed E-state index contributed by atoms with van der Waals surface area (Å²) in [6.45, 7) is 5.83. The standard InChI is InChI=1S/C14H12Cl2N4/c1-7-4-5-10(6-11(7)15)14-18-17-13-9(3)8(2)12(16)19-20(13)14/h4-6H,1-3H3. The molecule has 0 radical (unpaired) electrons. The van der Waals surface area contributed by atoms with Crippen molar-refractivity contribution in [3.8, 4) is 11.4 Å². The molecule has 0 aliphatic heterocycles. The van der Waals surface area contributed by atoms with Crippen molar-refractivity contribution in [2.24, 2.45) is 0 Å². The summed E-state index contributed by atoms with van der Waals surface area (Å²) in [6.07, 6.45) is 0. The summed E-state index contributed by atoms with van der Waals surface area (Å²) in [5, 5.41) is 13.9. The molecule has 0 amide bonds. The molecule has 0 aliphatic rings. The van der Waals surface area contributed by atoms with Crippen molar-refractivity contribution in [2.75, 3.05) is 0 Å². The zero-order chi connectivity index (χ0) is 14.4. The highest BCUT2D eigenvalue weighted by Crippen LogP contribution is 2.26. The van der Waals surface area contributed by atoms with Crippen LogP contribution >= 0.6 is 23.2 Å². The highest BCUT2D eigenvalue weighted by Gasteiger charge is 2.15. The van der Waals surface area contributed by atoms with Crippen molar-refractivity contribution in [1.82, 2.24) is 19.8 Å². The fourth-order valence-corrected chi connectivity index (χ4v) is 2.40. The van der Waals surface area contributed by atoms with E-state index in [1.54, 1.807) is 4.52 Å². The highest BCUT2D eigenvalue weighted by molar-refractivity contribution is 6.31. The average molecular weight is 307 g/mol. The number of aryl methyl sites for hydroxylation is 2. The van der Waals surface area contributed by atoms with Gasteiger partial charge in [-0.15, -0.1) is 10.2 Å². The van der Waals surface area contributed by atoms with E-state index >= 15 is 0 Å². The summed E-state index contributed by atoms with van der Waals surface area (Å²) < 4.78 is 1.66. The van der Waals surface area contributed by atoms with Crippen LogP contribution in [-0.4, -0.2) is 19.8 Å². The molecule has 2 heterocycles. The van der Waals surface area contributed by atoms with Crippen molar-refractivity contribution in [3.63, 3.8) is 0 Å². The average Bonchev–Trinajstić information content (AvgIpc) is 2.83. The molecule has 0 spiro atoms. The molecule has 0 aliphatic carbocycles. The first-order valence-corrected chi connectivity index (χ1v) is 6.89. The molecule has 0 atom stereocenters. The molecule has 0 saturated heterocycles. The van der Waals surface area contributed by atoms with Crippen molar-refractivity contribution in [3.05, 3.63) is 45.1 Å². The number of hydrogen-bond donors (Lipinski definition) is 0. The number of hydrogen-bond acceptors (Lipinski definition) is 3. The van der Waals surface area contributed by atoms with Gasteiger partial charge in [-0.1, -0.05) is 35.3 Å². The molecule has 0 fully saturated rings. The van der Waals surface area contributed by atoms with Gasteiger partial charge in [0.1, 0.15) is 0 Å². The van der Waals surface area contributed by atoms with Gasteiger partial charge in [0, 0.05) is 16.1 Å². The Morgan fingerprint density at radius 1 is 1.00 bits per heavy atom. The van der Waals surface area contributed by atoms with Gasteiger partial charge in [-0.3, -0.25) is 0 Å². The maximum atomic E-state index is 6.17. The first-order valence-electron chi connectivity index (χ1n) is 6.13. The predicted octanol–water partition coefficient (Wildman–Crippen LogP) is 4.02. The number of aromatic nitrogens is 4. The van der Waals surface area contributed by atoms with E-state index in [2.05, 4.69) is 15.3 Å². The van der Waals surface area contributed by atoms with E-state index in [1.165, 1.54) is 0 Å². The Hall–Kier alpha value is -1.65. The molecule has 2 aromatic heterocycles. The molecule has 20 heavy (non-hydrogen) atoms. The second-order valence-electron chi connectivity index (χ2n) is 4.76. The topological polar surface area (TPSA) is 43.1 Å². The van der Waals surface area contributed by atoms with Gasteiger partial charge >= 0.3 is 0 Å². The first-order chi connectivity index (χ1) is 9.49. The fourth-order valence-electron chi connectivity index (χ4n) is 2.01. The van der Waals surface area contributed by atoms with Gasteiger partial charge in [-0.05, 0) is 38.0 Å². The minimum absolute atomic E-state index is 0.453. The molecular weight excluding hydrogens is 295 g/mol. The lowest BCUT2D eigenvalue weighted by molar-refractivity contribution is 0.919. The Bertz CT molecular complexity index is 824. The molecule has 0 N–H and O–H groups in total. The number of fused-ring (bicyclic) bond motifs is 1. The van der Waals surface area contributed by atoms with Crippen molar-refractivity contribution in [2.45, 2.75) is 20.8 Å². The van der Waals surface area contributed by atoms with Crippen LogP contribution in [0.4, 0.5) is 0 Å². The van der Waals surface area contributed by atoms with E-state index in [4.69, 9.17) is 23.2 Å². The van der Waals surface area contributed by atoms with E-state index in [0.29, 0.717) is 21.6 Å². The summed E-state index contributed by atoms with van der Waals surface area (Å²) >= 11 is 12.3. The van der Waals surface area contributed by atoms with Crippen molar-refractivity contribution < 1.29 is 0 Å². The summed E-state index contributed by atoms with van der Waals surface area (Å²) in [5.41, 5.74) is 4.47. The fraction of sp³-hybridized carbons (Fsp3) is 0.214. The van der Waals surface area contributed by atoms with Gasteiger partial charge in [0.25, 0.3) is 0 Å². The van der Waals surface area contributed by atoms with Crippen molar-refractivity contribution >= 4 is 28.8 Å². The largest absolute Gasteiger partial charge is 0.191 e. The van der Waals surface area contributed by atoms with Crippen molar-refractivity contribution in [1.29, 1.82) is 0 Å². The third kappa shape index (κ3) is 1.96. The normalized spacial score (nSPS) is 11.2. The predicted molar refractivity (Wildman–Crippen MR) is 80.4 cm³/mol. The molecule has 4 nitrogen and oxygen atoms in total. The SMILES string of the molecule is Cc1ccc(-c2nnc3c(C)c(C)c(Cl)nn23)cc1Cl.